The van der Waals surface area contributed by atoms with Gasteiger partial charge in [0.25, 0.3) is 0 Å². The first kappa shape index (κ1) is 8.03. The zero-order valence-electron chi connectivity index (χ0n) is 7.57. The minimum atomic E-state index is 0.259. The maximum absolute atomic E-state index is 11.2. The third kappa shape index (κ3) is 1.12. The number of carbonyl (C=O) groups excluding carboxylic acids is 1. The lowest BCUT2D eigenvalue weighted by molar-refractivity contribution is -0.117. The first-order valence-electron chi connectivity index (χ1n) is 4.93. The summed E-state index contributed by atoms with van der Waals surface area (Å²) in [5.74, 6) is 0.457. The van der Waals surface area contributed by atoms with Crippen LogP contribution in [0.5, 0.6) is 0 Å². The highest BCUT2D eigenvalue weighted by molar-refractivity contribution is 5.82. The molecule has 1 unspecified atom stereocenters. The molecule has 66 valence electrons. The molecule has 0 radical (unpaired) electrons. The standard InChI is InChI=1S/C11H16O/c1-9-4-2-3-6-11(9)7-5-10(12)8-11/h1-8H2. The van der Waals surface area contributed by atoms with E-state index >= 15 is 0 Å². The summed E-state index contributed by atoms with van der Waals surface area (Å²) in [6.45, 7) is 4.13. The van der Waals surface area contributed by atoms with Crippen LogP contribution >= 0.6 is 0 Å². The second-order valence-corrected chi connectivity index (χ2v) is 4.31. The lowest BCUT2D eigenvalue weighted by Crippen LogP contribution is -2.23. The van der Waals surface area contributed by atoms with Crippen molar-refractivity contribution in [2.75, 3.05) is 0 Å². The van der Waals surface area contributed by atoms with Crippen LogP contribution in [0.4, 0.5) is 0 Å². The van der Waals surface area contributed by atoms with Crippen LogP contribution in [0.3, 0.4) is 0 Å². The molecule has 1 spiro atoms. The number of Topliss-reactive ketones (excluding diaryl/α,β-unsaturated/α-hetero) is 1. The molecule has 1 atom stereocenters. The summed E-state index contributed by atoms with van der Waals surface area (Å²) in [7, 11) is 0. The fourth-order valence-corrected chi connectivity index (χ4v) is 2.69. The van der Waals surface area contributed by atoms with E-state index in [9.17, 15) is 4.79 Å². The van der Waals surface area contributed by atoms with Crippen LogP contribution in [0.2, 0.25) is 0 Å². The Labute approximate surface area is 73.8 Å². The van der Waals surface area contributed by atoms with Crippen molar-refractivity contribution >= 4 is 5.78 Å². The first-order valence-corrected chi connectivity index (χ1v) is 4.93. The third-order valence-corrected chi connectivity index (χ3v) is 3.55. The molecule has 2 aliphatic rings. The third-order valence-electron chi connectivity index (χ3n) is 3.55. The Morgan fingerprint density at radius 3 is 2.58 bits per heavy atom. The van der Waals surface area contributed by atoms with E-state index in [1.807, 2.05) is 0 Å². The molecule has 0 saturated heterocycles. The lowest BCUT2D eigenvalue weighted by Gasteiger charge is -2.34. The van der Waals surface area contributed by atoms with E-state index in [1.54, 1.807) is 0 Å². The van der Waals surface area contributed by atoms with Crippen LogP contribution in [0.15, 0.2) is 12.2 Å². The monoisotopic (exact) mass is 164 g/mol. The predicted molar refractivity (Wildman–Crippen MR) is 48.9 cm³/mol. The minimum Gasteiger partial charge on any atom is -0.300 e. The van der Waals surface area contributed by atoms with Gasteiger partial charge in [0.1, 0.15) is 5.78 Å². The molecule has 2 rings (SSSR count). The van der Waals surface area contributed by atoms with Crippen molar-refractivity contribution in [3.63, 3.8) is 0 Å². The molecule has 2 fully saturated rings. The topological polar surface area (TPSA) is 17.1 Å². The molecule has 1 nitrogen and oxygen atoms in total. The Bertz CT molecular complexity index is 229. The van der Waals surface area contributed by atoms with Crippen molar-refractivity contribution < 1.29 is 4.79 Å². The van der Waals surface area contributed by atoms with Gasteiger partial charge in [0.05, 0.1) is 0 Å². The number of allylic oxidation sites excluding steroid dienone is 1. The molecule has 0 heterocycles. The number of rotatable bonds is 0. The highest BCUT2D eigenvalue weighted by Crippen LogP contribution is 2.50. The van der Waals surface area contributed by atoms with Gasteiger partial charge < -0.3 is 0 Å². The van der Waals surface area contributed by atoms with Crippen LogP contribution in [0, 0.1) is 5.41 Å². The predicted octanol–water partition coefficient (Wildman–Crippen LogP) is 2.86. The van der Waals surface area contributed by atoms with E-state index in [0.717, 1.165) is 25.7 Å². The van der Waals surface area contributed by atoms with Gasteiger partial charge in [-0.05, 0) is 31.1 Å². The summed E-state index contributed by atoms with van der Waals surface area (Å²) >= 11 is 0. The van der Waals surface area contributed by atoms with E-state index in [1.165, 1.54) is 24.8 Å². The Kier molecular flexibility index (Phi) is 1.82. The highest BCUT2D eigenvalue weighted by Gasteiger charge is 2.41. The Morgan fingerprint density at radius 2 is 2.00 bits per heavy atom. The van der Waals surface area contributed by atoms with Crippen LogP contribution < -0.4 is 0 Å². The molecular weight excluding hydrogens is 148 g/mol. The number of ketones is 1. The molecule has 2 saturated carbocycles. The summed E-state index contributed by atoms with van der Waals surface area (Å²) in [6, 6.07) is 0. The highest BCUT2D eigenvalue weighted by atomic mass is 16.1. The van der Waals surface area contributed by atoms with Crippen molar-refractivity contribution in [2.24, 2.45) is 5.41 Å². The maximum Gasteiger partial charge on any atom is 0.133 e. The van der Waals surface area contributed by atoms with E-state index < -0.39 is 0 Å². The van der Waals surface area contributed by atoms with E-state index in [-0.39, 0.29) is 5.41 Å². The summed E-state index contributed by atoms with van der Waals surface area (Å²) in [5.41, 5.74) is 1.62. The molecule has 0 aromatic rings. The molecular formula is C11H16O. The van der Waals surface area contributed by atoms with Gasteiger partial charge in [0.15, 0.2) is 0 Å². The molecule has 0 aromatic heterocycles. The number of hydrogen-bond donors (Lipinski definition) is 0. The molecule has 2 aliphatic carbocycles. The van der Waals surface area contributed by atoms with Crippen molar-refractivity contribution in [1.82, 2.24) is 0 Å². The molecule has 1 heteroatoms. The average Bonchev–Trinajstić information content (AvgIpc) is 2.41. The lowest BCUT2D eigenvalue weighted by atomic mass is 9.70. The van der Waals surface area contributed by atoms with Gasteiger partial charge in [-0.15, -0.1) is 0 Å². The van der Waals surface area contributed by atoms with Crippen LogP contribution in [0.1, 0.15) is 44.9 Å². The summed E-state index contributed by atoms with van der Waals surface area (Å²) in [4.78, 5) is 11.2. The number of hydrogen-bond acceptors (Lipinski definition) is 1. The zero-order chi connectivity index (χ0) is 8.60. The molecule has 12 heavy (non-hydrogen) atoms. The van der Waals surface area contributed by atoms with Gasteiger partial charge in [-0.25, -0.2) is 0 Å². The summed E-state index contributed by atoms with van der Waals surface area (Å²) < 4.78 is 0. The second-order valence-electron chi connectivity index (χ2n) is 4.31. The van der Waals surface area contributed by atoms with Crippen molar-refractivity contribution in [3.8, 4) is 0 Å². The van der Waals surface area contributed by atoms with Gasteiger partial charge in [0.2, 0.25) is 0 Å². The molecule has 0 aliphatic heterocycles. The van der Waals surface area contributed by atoms with Crippen molar-refractivity contribution in [3.05, 3.63) is 12.2 Å². The van der Waals surface area contributed by atoms with E-state index in [0.29, 0.717) is 5.78 Å². The smallest absolute Gasteiger partial charge is 0.133 e. The second kappa shape index (κ2) is 2.72. The number of carbonyl (C=O) groups is 1. The average molecular weight is 164 g/mol. The van der Waals surface area contributed by atoms with Gasteiger partial charge in [-0.1, -0.05) is 18.6 Å². The molecule has 0 aromatic carbocycles. The minimum absolute atomic E-state index is 0.259. The fraction of sp³-hybridized carbons (Fsp3) is 0.727. The van der Waals surface area contributed by atoms with Gasteiger partial charge >= 0.3 is 0 Å². The molecule has 0 amide bonds. The summed E-state index contributed by atoms with van der Waals surface area (Å²) in [5, 5.41) is 0. The van der Waals surface area contributed by atoms with Gasteiger partial charge in [-0.2, -0.15) is 0 Å². The van der Waals surface area contributed by atoms with Crippen LogP contribution in [-0.4, -0.2) is 5.78 Å². The van der Waals surface area contributed by atoms with Gasteiger partial charge in [-0.3, -0.25) is 4.79 Å². The molecule has 0 bridgehead atoms. The summed E-state index contributed by atoms with van der Waals surface area (Å²) in [6.07, 6.45) is 7.65. The zero-order valence-corrected chi connectivity index (χ0v) is 7.57. The Balaban J connectivity index is 2.18. The van der Waals surface area contributed by atoms with Crippen molar-refractivity contribution in [2.45, 2.75) is 44.9 Å². The Morgan fingerprint density at radius 1 is 1.17 bits per heavy atom. The quantitative estimate of drug-likeness (QED) is 0.503. The SMILES string of the molecule is C=C1CCCCC12CCC(=O)C2. The van der Waals surface area contributed by atoms with Crippen LogP contribution in [-0.2, 0) is 4.79 Å². The normalized spacial score (nSPS) is 36.3. The van der Waals surface area contributed by atoms with Crippen LogP contribution in [0.25, 0.3) is 0 Å². The first-order chi connectivity index (χ1) is 5.73. The van der Waals surface area contributed by atoms with E-state index in [4.69, 9.17) is 0 Å². The molecule has 0 N–H and O–H groups in total. The Hall–Kier alpha value is -0.590. The van der Waals surface area contributed by atoms with E-state index in [2.05, 4.69) is 6.58 Å². The fourth-order valence-electron chi connectivity index (χ4n) is 2.69. The van der Waals surface area contributed by atoms with Gasteiger partial charge in [0, 0.05) is 12.8 Å². The maximum atomic E-state index is 11.2. The largest absolute Gasteiger partial charge is 0.300 e. The van der Waals surface area contributed by atoms with Crippen molar-refractivity contribution in [1.29, 1.82) is 0 Å².